The van der Waals surface area contributed by atoms with Crippen molar-refractivity contribution in [3.63, 3.8) is 0 Å². The fourth-order valence-electron chi connectivity index (χ4n) is 2.24. The Morgan fingerprint density at radius 1 is 1.23 bits per heavy atom. The van der Waals surface area contributed by atoms with Gasteiger partial charge in [-0.25, -0.2) is 4.98 Å². The molecule has 0 spiro atoms. The monoisotopic (exact) mass is 302 g/mol. The second-order valence-electron chi connectivity index (χ2n) is 5.83. The highest BCUT2D eigenvalue weighted by Crippen LogP contribution is 2.11. The predicted molar refractivity (Wildman–Crippen MR) is 91.4 cm³/mol. The Balaban J connectivity index is 1.96. The number of nitrogen functional groups attached to an aromatic ring is 1. The van der Waals surface area contributed by atoms with Crippen molar-refractivity contribution >= 4 is 11.8 Å². The highest BCUT2D eigenvalue weighted by atomic mass is 15.2. The van der Waals surface area contributed by atoms with E-state index in [0.717, 1.165) is 37.4 Å². The first-order chi connectivity index (χ1) is 10.5. The zero-order valence-corrected chi connectivity index (χ0v) is 13.9. The molecule has 1 fully saturated rings. The van der Waals surface area contributed by atoms with Crippen molar-refractivity contribution in [1.29, 1.82) is 0 Å². The Bertz CT molecular complexity index is 570. The summed E-state index contributed by atoms with van der Waals surface area (Å²) in [5.41, 5.74) is 8.94. The Labute approximate surface area is 132 Å². The van der Waals surface area contributed by atoms with Gasteiger partial charge in [0.25, 0.3) is 0 Å². The van der Waals surface area contributed by atoms with Crippen LogP contribution in [0.25, 0.3) is 0 Å². The molecule has 1 aromatic rings. The minimum absolute atomic E-state index is 0.509. The van der Waals surface area contributed by atoms with Crippen LogP contribution in [-0.2, 0) is 0 Å². The normalized spacial score (nSPS) is 17.7. The summed E-state index contributed by atoms with van der Waals surface area (Å²) in [6.45, 7) is 10.4. The minimum atomic E-state index is 0.509. The van der Waals surface area contributed by atoms with Gasteiger partial charge in [0.1, 0.15) is 5.82 Å². The molecule has 3 N–H and O–H groups in total. The molecule has 0 saturated carbocycles. The molecule has 0 aromatic carbocycles. The number of rotatable bonds is 4. The first-order valence-corrected chi connectivity index (χ1v) is 7.60. The average molecular weight is 302 g/mol. The Hall–Kier alpha value is -2.08. The summed E-state index contributed by atoms with van der Waals surface area (Å²) >= 11 is 0. The molecule has 1 saturated heterocycles. The summed E-state index contributed by atoms with van der Waals surface area (Å²) in [6, 6.07) is 0. The standard InChI is InChI=1S/C16H26N6/c1-12-11-18-16(20-15(12)17)19-13(2)5-6-14(3)22-9-7-21(4)8-10-22/h5-6,11H,7-10H2,1-4H3,(H3,17,18,19,20)/b13-5+,14-6+. The van der Waals surface area contributed by atoms with Gasteiger partial charge in [-0.15, -0.1) is 0 Å². The second kappa shape index (κ2) is 7.26. The number of nitrogens with two attached hydrogens (primary N) is 1. The first kappa shape index (κ1) is 16.3. The fourth-order valence-corrected chi connectivity index (χ4v) is 2.24. The van der Waals surface area contributed by atoms with Gasteiger partial charge >= 0.3 is 0 Å². The van der Waals surface area contributed by atoms with Crippen molar-refractivity contribution in [3.8, 4) is 0 Å². The van der Waals surface area contributed by atoms with Crippen LogP contribution < -0.4 is 11.1 Å². The van der Waals surface area contributed by atoms with Gasteiger partial charge in [0, 0.05) is 49.3 Å². The third-order valence-corrected chi connectivity index (χ3v) is 3.90. The smallest absolute Gasteiger partial charge is 0.228 e. The van der Waals surface area contributed by atoms with Gasteiger partial charge in [0.05, 0.1) is 0 Å². The molecule has 0 amide bonds. The molecular formula is C16H26N6. The quantitative estimate of drug-likeness (QED) is 0.827. The summed E-state index contributed by atoms with van der Waals surface area (Å²) in [7, 11) is 2.16. The van der Waals surface area contributed by atoms with Crippen LogP contribution in [0, 0.1) is 6.92 Å². The third kappa shape index (κ3) is 4.46. The Morgan fingerprint density at radius 2 is 1.91 bits per heavy atom. The first-order valence-electron chi connectivity index (χ1n) is 7.60. The number of nitrogens with one attached hydrogen (secondary N) is 1. The van der Waals surface area contributed by atoms with Crippen molar-refractivity contribution in [3.05, 3.63) is 35.3 Å². The van der Waals surface area contributed by atoms with Gasteiger partial charge in [0.15, 0.2) is 0 Å². The number of aryl methyl sites for hydroxylation is 1. The van der Waals surface area contributed by atoms with E-state index in [9.17, 15) is 0 Å². The van der Waals surface area contributed by atoms with E-state index in [2.05, 4.69) is 45.1 Å². The van der Waals surface area contributed by atoms with Crippen LogP contribution in [0.4, 0.5) is 11.8 Å². The maximum Gasteiger partial charge on any atom is 0.228 e. The molecule has 1 aromatic heterocycles. The van der Waals surface area contributed by atoms with Gasteiger partial charge in [0.2, 0.25) is 5.95 Å². The lowest BCUT2D eigenvalue weighted by Crippen LogP contribution is -2.43. The molecule has 0 radical (unpaired) electrons. The van der Waals surface area contributed by atoms with E-state index in [1.165, 1.54) is 5.70 Å². The number of allylic oxidation sites excluding steroid dienone is 4. The second-order valence-corrected chi connectivity index (χ2v) is 5.83. The summed E-state index contributed by atoms with van der Waals surface area (Å²) < 4.78 is 0. The summed E-state index contributed by atoms with van der Waals surface area (Å²) in [5, 5.41) is 3.16. The highest BCUT2D eigenvalue weighted by Gasteiger charge is 2.13. The Morgan fingerprint density at radius 3 is 2.55 bits per heavy atom. The third-order valence-electron chi connectivity index (χ3n) is 3.90. The average Bonchev–Trinajstić information content (AvgIpc) is 2.49. The topological polar surface area (TPSA) is 70.3 Å². The van der Waals surface area contributed by atoms with Gasteiger partial charge in [-0.3, -0.25) is 0 Å². The molecule has 22 heavy (non-hydrogen) atoms. The zero-order chi connectivity index (χ0) is 16.1. The fraction of sp³-hybridized carbons (Fsp3) is 0.500. The van der Waals surface area contributed by atoms with Crippen LogP contribution in [0.3, 0.4) is 0 Å². The molecule has 6 nitrogen and oxygen atoms in total. The molecule has 0 atom stereocenters. The molecular weight excluding hydrogens is 276 g/mol. The number of nitrogens with zero attached hydrogens (tertiary/aromatic N) is 4. The van der Waals surface area contributed by atoms with Gasteiger partial charge in [-0.2, -0.15) is 4.98 Å². The molecule has 2 heterocycles. The number of hydrogen-bond donors (Lipinski definition) is 2. The van der Waals surface area contributed by atoms with Gasteiger partial charge < -0.3 is 20.9 Å². The highest BCUT2D eigenvalue weighted by molar-refractivity contribution is 5.44. The van der Waals surface area contributed by atoms with E-state index in [-0.39, 0.29) is 0 Å². The number of piperazine rings is 1. The van der Waals surface area contributed by atoms with Crippen molar-refractivity contribution in [2.24, 2.45) is 0 Å². The largest absolute Gasteiger partial charge is 0.383 e. The van der Waals surface area contributed by atoms with Gasteiger partial charge in [-0.05, 0) is 40.0 Å². The molecule has 0 unspecified atom stereocenters. The minimum Gasteiger partial charge on any atom is -0.383 e. The summed E-state index contributed by atoms with van der Waals surface area (Å²) in [5.74, 6) is 1.04. The molecule has 0 bridgehead atoms. The van der Waals surface area contributed by atoms with Crippen LogP contribution in [0.2, 0.25) is 0 Å². The molecule has 6 heteroatoms. The van der Waals surface area contributed by atoms with E-state index in [1.54, 1.807) is 6.20 Å². The maximum atomic E-state index is 5.79. The molecule has 1 aliphatic heterocycles. The van der Waals surface area contributed by atoms with Crippen LogP contribution in [0.5, 0.6) is 0 Å². The van der Waals surface area contributed by atoms with Gasteiger partial charge in [-0.1, -0.05) is 0 Å². The van der Waals surface area contributed by atoms with E-state index in [1.807, 2.05) is 19.9 Å². The van der Waals surface area contributed by atoms with Crippen molar-refractivity contribution in [1.82, 2.24) is 19.8 Å². The molecule has 1 aliphatic rings. The zero-order valence-electron chi connectivity index (χ0n) is 13.9. The van der Waals surface area contributed by atoms with Crippen LogP contribution in [0.1, 0.15) is 19.4 Å². The lowest BCUT2D eigenvalue weighted by Gasteiger charge is -2.34. The summed E-state index contributed by atoms with van der Waals surface area (Å²) in [6.07, 6.45) is 5.90. The van der Waals surface area contributed by atoms with Crippen LogP contribution >= 0.6 is 0 Å². The van der Waals surface area contributed by atoms with Crippen molar-refractivity contribution in [2.45, 2.75) is 20.8 Å². The van der Waals surface area contributed by atoms with Crippen LogP contribution in [-0.4, -0.2) is 53.0 Å². The van der Waals surface area contributed by atoms with Crippen LogP contribution in [0.15, 0.2) is 29.7 Å². The number of likely N-dealkylation sites (N-methyl/N-ethyl adjacent to an activating group) is 1. The number of hydrogen-bond acceptors (Lipinski definition) is 6. The SMILES string of the molecule is C/C(=C\C=C(/C)N1CCN(C)CC1)Nc1ncc(C)c(N)n1. The van der Waals surface area contributed by atoms with E-state index >= 15 is 0 Å². The van der Waals surface area contributed by atoms with E-state index in [0.29, 0.717) is 11.8 Å². The van der Waals surface area contributed by atoms with Crippen molar-refractivity contribution in [2.75, 3.05) is 44.3 Å². The van der Waals surface area contributed by atoms with E-state index in [4.69, 9.17) is 5.73 Å². The predicted octanol–water partition coefficient (Wildman–Crippen LogP) is 1.83. The van der Waals surface area contributed by atoms with E-state index < -0.39 is 0 Å². The lowest BCUT2D eigenvalue weighted by molar-refractivity contribution is 0.186. The molecule has 0 aliphatic carbocycles. The maximum absolute atomic E-state index is 5.79. The lowest BCUT2D eigenvalue weighted by atomic mass is 10.2. The molecule has 120 valence electrons. The number of anilines is 2. The van der Waals surface area contributed by atoms with Crippen molar-refractivity contribution < 1.29 is 0 Å². The Kier molecular flexibility index (Phi) is 5.38. The summed E-state index contributed by atoms with van der Waals surface area (Å²) in [4.78, 5) is 13.2. The molecule has 2 rings (SSSR count). The number of aromatic nitrogens is 2.